The third kappa shape index (κ3) is 3.00. The zero-order chi connectivity index (χ0) is 14.0. The lowest BCUT2D eigenvalue weighted by atomic mass is 9.95. The van der Waals surface area contributed by atoms with E-state index in [0.29, 0.717) is 12.5 Å². The minimum atomic E-state index is -0.0102. The third-order valence-electron chi connectivity index (χ3n) is 4.20. The quantitative estimate of drug-likeness (QED) is 0.877. The van der Waals surface area contributed by atoms with E-state index in [1.165, 1.54) is 0 Å². The number of amides is 1. The van der Waals surface area contributed by atoms with Crippen LogP contribution in [-0.2, 0) is 4.79 Å². The topological polar surface area (TPSA) is 68.3 Å². The molecule has 1 aromatic rings. The molecular weight excluding hydrogens is 240 g/mol. The summed E-state index contributed by atoms with van der Waals surface area (Å²) in [6, 6.07) is 1.99. The molecule has 4 nitrogen and oxygen atoms in total. The molecule has 1 heterocycles. The first-order valence-electron chi connectivity index (χ1n) is 7.10. The molecule has 1 aromatic heterocycles. The Hall–Kier alpha value is -1.29. The first-order chi connectivity index (χ1) is 9.02. The number of rotatable bonds is 4. The fourth-order valence-electron chi connectivity index (χ4n) is 3.14. The van der Waals surface area contributed by atoms with Gasteiger partial charge in [0.2, 0.25) is 5.91 Å². The van der Waals surface area contributed by atoms with E-state index in [2.05, 4.69) is 5.32 Å². The lowest BCUT2D eigenvalue weighted by Gasteiger charge is -2.20. The molecular formula is C15H24N2O2. The molecule has 0 bridgehead atoms. The summed E-state index contributed by atoms with van der Waals surface area (Å²) < 4.78 is 5.51. The molecule has 1 aliphatic carbocycles. The maximum absolute atomic E-state index is 12.3. The van der Waals surface area contributed by atoms with Gasteiger partial charge in [0.15, 0.2) is 0 Å². The van der Waals surface area contributed by atoms with Gasteiger partial charge in [-0.15, -0.1) is 0 Å². The predicted octanol–water partition coefficient (Wildman–Crippen LogP) is 2.45. The monoisotopic (exact) mass is 264 g/mol. The Labute approximate surface area is 114 Å². The van der Waals surface area contributed by atoms with Gasteiger partial charge in [0, 0.05) is 11.5 Å². The lowest BCUT2D eigenvalue weighted by Crippen LogP contribution is -2.36. The smallest absolute Gasteiger partial charge is 0.223 e. The highest BCUT2D eigenvalue weighted by molar-refractivity contribution is 5.79. The summed E-state index contributed by atoms with van der Waals surface area (Å²) in [6.07, 6.45) is 3.15. The minimum absolute atomic E-state index is 0.0102. The summed E-state index contributed by atoms with van der Waals surface area (Å²) in [6.45, 7) is 6.47. The zero-order valence-electron chi connectivity index (χ0n) is 12.0. The summed E-state index contributed by atoms with van der Waals surface area (Å²) in [7, 11) is 0. The van der Waals surface area contributed by atoms with Crippen LogP contribution in [0.3, 0.4) is 0 Å². The number of nitrogens with two attached hydrogens (primary N) is 1. The number of carbonyl (C=O) groups excluding carboxylic acids is 1. The van der Waals surface area contributed by atoms with Crippen LogP contribution in [0.2, 0.25) is 0 Å². The van der Waals surface area contributed by atoms with Gasteiger partial charge in [0.05, 0.1) is 6.04 Å². The molecule has 4 heteroatoms. The van der Waals surface area contributed by atoms with Crippen molar-refractivity contribution in [1.29, 1.82) is 0 Å². The Morgan fingerprint density at radius 2 is 2.26 bits per heavy atom. The van der Waals surface area contributed by atoms with Crippen molar-refractivity contribution < 1.29 is 9.21 Å². The van der Waals surface area contributed by atoms with Gasteiger partial charge < -0.3 is 15.5 Å². The van der Waals surface area contributed by atoms with Gasteiger partial charge in [-0.25, -0.2) is 0 Å². The number of hydrogen-bond acceptors (Lipinski definition) is 3. The van der Waals surface area contributed by atoms with Crippen LogP contribution in [0.5, 0.6) is 0 Å². The first-order valence-corrected chi connectivity index (χ1v) is 7.10. The van der Waals surface area contributed by atoms with E-state index in [9.17, 15) is 4.79 Å². The Morgan fingerprint density at radius 1 is 1.53 bits per heavy atom. The highest BCUT2D eigenvalue weighted by atomic mass is 16.3. The van der Waals surface area contributed by atoms with Crippen molar-refractivity contribution in [3.05, 3.63) is 23.2 Å². The normalized spacial score (nSPS) is 24.4. The van der Waals surface area contributed by atoms with E-state index in [1.54, 1.807) is 0 Å². The second-order valence-corrected chi connectivity index (χ2v) is 5.63. The van der Waals surface area contributed by atoms with Crippen LogP contribution in [0.15, 0.2) is 10.5 Å². The van der Waals surface area contributed by atoms with Crippen molar-refractivity contribution in [3.63, 3.8) is 0 Å². The predicted molar refractivity (Wildman–Crippen MR) is 74.6 cm³/mol. The molecule has 1 fully saturated rings. The van der Waals surface area contributed by atoms with Crippen LogP contribution >= 0.6 is 0 Å². The maximum Gasteiger partial charge on any atom is 0.223 e. The Balaban J connectivity index is 2.00. The summed E-state index contributed by atoms with van der Waals surface area (Å²) in [5.41, 5.74) is 6.80. The van der Waals surface area contributed by atoms with Crippen molar-refractivity contribution in [2.45, 2.75) is 46.1 Å². The van der Waals surface area contributed by atoms with Crippen molar-refractivity contribution in [1.82, 2.24) is 5.32 Å². The molecule has 106 valence electrons. The second-order valence-electron chi connectivity index (χ2n) is 5.63. The molecule has 1 amide bonds. The van der Waals surface area contributed by atoms with Crippen LogP contribution in [0.1, 0.15) is 49.3 Å². The van der Waals surface area contributed by atoms with E-state index in [0.717, 1.165) is 36.3 Å². The summed E-state index contributed by atoms with van der Waals surface area (Å²) >= 11 is 0. The molecule has 0 aliphatic heterocycles. The Kier molecular flexibility index (Phi) is 4.30. The van der Waals surface area contributed by atoms with Crippen molar-refractivity contribution in [2.24, 2.45) is 17.6 Å². The van der Waals surface area contributed by atoms with Crippen molar-refractivity contribution in [3.8, 4) is 0 Å². The molecule has 3 N–H and O–H groups in total. The third-order valence-corrected chi connectivity index (χ3v) is 4.20. The molecule has 19 heavy (non-hydrogen) atoms. The van der Waals surface area contributed by atoms with E-state index in [4.69, 9.17) is 10.2 Å². The molecule has 0 saturated heterocycles. The molecule has 3 atom stereocenters. The fraction of sp³-hybridized carbons (Fsp3) is 0.667. The standard InChI is InChI=1S/C15H24N2O2/c1-9-7-14(11(3)19-9)10(2)17-15(18)13-6-4-5-12(13)8-16/h7,10,12-13H,4-6,8,16H2,1-3H3,(H,17,18). The zero-order valence-corrected chi connectivity index (χ0v) is 12.0. The van der Waals surface area contributed by atoms with E-state index < -0.39 is 0 Å². The molecule has 0 radical (unpaired) electrons. The van der Waals surface area contributed by atoms with Gasteiger partial charge in [-0.2, -0.15) is 0 Å². The van der Waals surface area contributed by atoms with Gasteiger partial charge in [0.1, 0.15) is 11.5 Å². The van der Waals surface area contributed by atoms with E-state index in [1.807, 2.05) is 26.8 Å². The minimum Gasteiger partial charge on any atom is -0.466 e. The number of aryl methyl sites for hydroxylation is 2. The first kappa shape index (κ1) is 14.1. The molecule has 0 spiro atoms. The number of nitrogens with one attached hydrogen (secondary N) is 1. The van der Waals surface area contributed by atoms with Crippen LogP contribution < -0.4 is 11.1 Å². The van der Waals surface area contributed by atoms with E-state index >= 15 is 0 Å². The fourth-order valence-corrected chi connectivity index (χ4v) is 3.14. The maximum atomic E-state index is 12.3. The average Bonchev–Trinajstić information content (AvgIpc) is 2.95. The van der Waals surface area contributed by atoms with Gasteiger partial charge in [-0.3, -0.25) is 4.79 Å². The van der Waals surface area contributed by atoms with Gasteiger partial charge in [-0.05, 0) is 52.1 Å². The van der Waals surface area contributed by atoms with Crippen molar-refractivity contribution in [2.75, 3.05) is 6.54 Å². The highest BCUT2D eigenvalue weighted by Gasteiger charge is 2.32. The van der Waals surface area contributed by atoms with Gasteiger partial charge in [-0.1, -0.05) is 6.42 Å². The summed E-state index contributed by atoms with van der Waals surface area (Å²) in [4.78, 5) is 12.3. The van der Waals surface area contributed by atoms with E-state index in [-0.39, 0.29) is 17.9 Å². The van der Waals surface area contributed by atoms with Crippen LogP contribution in [0.25, 0.3) is 0 Å². The van der Waals surface area contributed by atoms with Crippen LogP contribution in [0, 0.1) is 25.7 Å². The molecule has 0 aromatic carbocycles. The second kappa shape index (κ2) is 5.78. The Bertz CT molecular complexity index is 453. The summed E-state index contributed by atoms with van der Waals surface area (Å²) in [5.74, 6) is 2.33. The molecule has 2 rings (SSSR count). The SMILES string of the molecule is Cc1cc(C(C)NC(=O)C2CCCC2CN)c(C)o1. The summed E-state index contributed by atoms with van der Waals surface area (Å²) in [5, 5.41) is 3.10. The Morgan fingerprint density at radius 3 is 2.84 bits per heavy atom. The number of carbonyl (C=O) groups is 1. The molecule has 3 unspecified atom stereocenters. The van der Waals surface area contributed by atoms with Crippen molar-refractivity contribution >= 4 is 5.91 Å². The van der Waals surface area contributed by atoms with Crippen LogP contribution in [-0.4, -0.2) is 12.5 Å². The largest absolute Gasteiger partial charge is 0.466 e. The van der Waals surface area contributed by atoms with Gasteiger partial charge in [0.25, 0.3) is 0 Å². The lowest BCUT2D eigenvalue weighted by molar-refractivity contribution is -0.126. The highest BCUT2D eigenvalue weighted by Crippen LogP contribution is 2.32. The molecule has 1 aliphatic rings. The number of hydrogen-bond donors (Lipinski definition) is 2. The average molecular weight is 264 g/mol. The molecule has 1 saturated carbocycles. The number of furan rings is 1. The van der Waals surface area contributed by atoms with Crippen LogP contribution in [0.4, 0.5) is 0 Å². The van der Waals surface area contributed by atoms with Gasteiger partial charge >= 0.3 is 0 Å².